The van der Waals surface area contributed by atoms with Crippen molar-refractivity contribution < 1.29 is 23.1 Å². The lowest BCUT2D eigenvalue weighted by Gasteiger charge is -2.55. The lowest BCUT2D eigenvalue weighted by molar-refractivity contribution is -0.182. The molecule has 2 N–H and O–H groups in total. The smallest absolute Gasteiger partial charge is 0.254 e. The Balaban J connectivity index is 1.76. The molecule has 3 fully saturated rings. The topological polar surface area (TPSA) is 104 Å². The number of likely N-dealkylation sites (tertiary alicyclic amines) is 1. The Morgan fingerprint density at radius 2 is 1.78 bits per heavy atom. The third-order valence-corrected chi connectivity index (χ3v) is 8.19. The minimum atomic E-state index is -3.41. The molecule has 2 aliphatic heterocycles. The van der Waals surface area contributed by atoms with Crippen LogP contribution in [0.15, 0.2) is 0 Å². The maximum Gasteiger partial charge on any atom is 0.254 e. The number of rotatable bonds is 2. The van der Waals surface area contributed by atoms with Crippen molar-refractivity contribution in [3.63, 3.8) is 0 Å². The molecule has 8 heteroatoms. The van der Waals surface area contributed by atoms with Crippen LogP contribution in [0.4, 0.5) is 0 Å². The van der Waals surface area contributed by atoms with Crippen molar-refractivity contribution in [2.75, 3.05) is 25.9 Å². The lowest BCUT2D eigenvalue weighted by Crippen LogP contribution is -2.73. The highest BCUT2D eigenvalue weighted by Gasteiger charge is 2.67. The maximum absolute atomic E-state index is 12.5. The third kappa shape index (κ3) is 2.21. The van der Waals surface area contributed by atoms with Gasteiger partial charge in [0.25, 0.3) is 5.91 Å². The molecule has 3 rings (SSSR count). The average molecular weight is 344 g/mol. The fourth-order valence-electron chi connectivity index (χ4n) is 4.64. The SMILES string of the molecule is CNC(=O)C1CCS(=O)(=O)C12CN(C(=O)C1(O)CC(C)(C)C1)C2. The summed E-state index contributed by atoms with van der Waals surface area (Å²) in [4.78, 5) is 25.9. The van der Waals surface area contributed by atoms with Gasteiger partial charge in [-0.05, 0) is 24.7 Å². The molecular weight excluding hydrogens is 320 g/mol. The zero-order chi connectivity index (χ0) is 17.3. The van der Waals surface area contributed by atoms with Crippen LogP contribution < -0.4 is 5.32 Å². The number of carbonyl (C=O) groups is 2. The van der Waals surface area contributed by atoms with Crippen LogP contribution in [-0.4, -0.2) is 66.5 Å². The van der Waals surface area contributed by atoms with Crippen molar-refractivity contribution in [3.05, 3.63) is 0 Å². The van der Waals surface area contributed by atoms with E-state index in [4.69, 9.17) is 0 Å². The number of hydrogen-bond acceptors (Lipinski definition) is 5. The number of nitrogens with zero attached hydrogens (tertiary/aromatic N) is 1. The van der Waals surface area contributed by atoms with Gasteiger partial charge in [-0.2, -0.15) is 0 Å². The Morgan fingerprint density at radius 1 is 1.22 bits per heavy atom. The molecule has 2 heterocycles. The number of nitrogens with one attached hydrogen (secondary N) is 1. The van der Waals surface area contributed by atoms with Crippen LogP contribution in [0.5, 0.6) is 0 Å². The van der Waals surface area contributed by atoms with Crippen molar-refractivity contribution >= 4 is 21.7 Å². The predicted octanol–water partition coefficient (Wildman–Crippen LogP) is -0.701. The van der Waals surface area contributed by atoms with Gasteiger partial charge in [0, 0.05) is 20.1 Å². The molecule has 0 aromatic carbocycles. The molecule has 3 aliphatic rings. The molecule has 1 unspecified atom stereocenters. The van der Waals surface area contributed by atoms with Gasteiger partial charge in [0.1, 0.15) is 10.3 Å². The summed E-state index contributed by atoms with van der Waals surface area (Å²) < 4.78 is 23.7. The summed E-state index contributed by atoms with van der Waals surface area (Å²) in [5, 5.41) is 12.9. The number of carbonyl (C=O) groups excluding carboxylic acids is 2. The van der Waals surface area contributed by atoms with E-state index in [1.807, 2.05) is 13.8 Å². The highest BCUT2D eigenvalue weighted by molar-refractivity contribution is 7.93. The summed E-state index contributed by atoms with van der Waals surface area (Å²) in [6.07, 6.45) is 1.06. The van der Waals surface area contributed by atoms with Gasteiger partial charge >= 0.3 is 0 Å². The summed E-state index contributed by atoms with van der Waals surface area (Å²) in [6.45, 7) is 3.98. The van der Waals surface area contributed by atoms with Gasteiger partial charge in [0.05, 0.1) is 11.7 Å². The first kappa shape index (κ1) is 16.7. The van der Waals surface area contributed by atoms with Gasteiger partial charge in [-0.25, -0.2) is 8.42 Å². The molecule has 2 saturated heterocycles. The Labute approximate surface area is 136 Å². The summed E-state index contributed by atoms with van der Waals surface area (Å²) in [5.41, 5.74) is -1.45. The summed E-state index contributed by atoms with van der Waals surface area (Å²) in [7, 11) is -1.93. The molecule has 1 aliphatic carbocycles. The van der Waals surface area contributed by atoms with Crippen LogP contribution in [-0.2, 0) is 19.4 Å². The molecule has 23 heavy (non-hydrogen) atoms. The van der Waals surface area contributed by atoms with Crippen molar-refractivity contribution in [2.45, 2.75) is 43.5 Å². The van der Waals surface area contributed by atoms with E-state index in [1.165, 1.54) is 11.9 Å². The van der Waals surface area contributed by atoms with E-state index in [1.54, 1.807) is 0 Å². The lowest BCUT2D eigenvalue weighted by atomic mass is 9.60. The van der Waals surface area contributed by atoms with Gasteiger partial charge in [-0.15, -0.1) is 0 Å². The molecular formula is C15H24N2O5S. The molecule has 1 atom stereocenters. The fraction of sp³-hybridized carbons (Fsp3) is 0.867. The van der Waals surface area contributed by atoms with Crippen LogP contribution in [0.2, 0.25) is 0 Å². The highest BCUT2D eigenvalue weighted by Crippen LogP contribution is 2.51. The molecule has 0 radical (unpaired) electrons. The molecule has 0 aromatic heterocycles. The van der Waals surface area contributed by atoms with E-state index in [0.717, 1.165) is 0 Å². The monoisotopic (exact) mass is 344 g/mol. The molecule has 2 amide bonds. The summed E-state index contributed by atoms with van der Waals surface area (Å²) >= 11 is 0. The molecule has 1 saturated carbocycles. The first-order valence-electron chi connectivity index (χ1n) is 7.92. The minimum Gasteiger partial charge on any atom is -0.380 e. The van der Waals surface area contributed by atoms with E-state index in [9.17, 15) is 23.1 Å². The van der Waals surface area contributed by atoms with Crippen LogP contribution in [0.3, 0.4) is 0 Å². The predicted molar refractivity (Wildman–Crippen MR) is 83.2 cm³/mol. The van der Waals surface area contributed by atoms with Crippen LogP contribution in [0, 0.1) is 11.3 Å². The second kappa shape index (κ2) is 4.69. The number of hydrogen-bond donors (Lipinski definition) is 2. The average Bonchev–Trinajstić information content (AvgIpc) is 2.64. The molecule has 1 spiro atoms. The zero-order valence-corrected chi connectivity index (χ0v) is 14.6. The van der Waals surface area contributed by atoms with E-state index >= 15 is 0 Å². The number of amides is 2. The number of sulfone groups is 1. The van der Waals surface area contributed by atoms with Gasteiger partial charge in [0.15, 0.2) is 9.84 Å². The van der Waals surface area contributed by atoms with E-state index in [0.29, 0.717) is 19.3 Å². The molecule has 0 bridgehead atoms. The van der Waals surface area contributed by atoms with Crippen molar-refractivity contribution in [1.82, 2.24) is 10.2 Å². The van der Waals surface area contributed by atoms with E-state index in [-0.39, 0.29) is 30.2 Å². The molecule has 130 valence electrons. The van der Waals surface area contributed by atoms with E-state index < -0.39 is 32.0 Å². The van der Waals surface area contributed by atoms with Gasteiger partial charge in [0.2, 0.25) is 5.91 Å². The number of aliphatic hydroxyl groups is 1. The van der Waals surface area contributed by atoms with Crippen molar-refractivity contribution in [2.24, 2.45) is 11.3 Å². The Bertz CT molecular complexity index is 655. The van der Waals surface area contributed by atoms with Gasteiger partial charge in [-0.1, -0.05) is 13.8 Å². The first-order valence-corrected chi connectivity index (χ1v) is 9.57. The first-order chi connectivity index (χ1) is 10.5. The third-order valence-electron chi connectivity index (χ3n) is 5.64. The van der Waals surface area contributed by atoms with Gasteiger partial charge in [-0.3, -0.25) is 9.59 Å². The quantitative estimate of drug-likeness (QED) is 0.689. The van der Waals surface area contributed by atoms with Crippen molar-refractivity contribution in [1.29, 1.82) is 0 Å². The second-order valence-electron chi connectivity index (χ2n) is 8.05. The van der Waals surface area contributed by atoms with E-state index in [2.05, 4.69) is 5.32 Å². The second-order valence-corrected chi connectivity index (χ2v) is 10.5. The summed E-state index contributed by atoms with van der Waals surface area (Å²) in [5.74, 6) is -1.33. The Hall–Kier alpha value is -1.15. The molecule has 0 aromatic rings. The van der Waals surface area contributed by atoms with Crippen LogP contribution in [0.1, 0.15) is 33.1 Å². The molecule has 7 nitrogen and oxygen atoms in total. The Morgan fingerprint density at radius 3 is 2.26 bits per heavy atom. The normalized spacial score (nSPS) is 32.0. The largest absolute Gasteiger partial charge is 0.380 e. The highest BCUT2D eigenvalue weighted by atomic mass is 32.2. The standard InChI is InChI=1S/C15H24N2O5S/c1-13(2)6-14(20,7-13)12(19)17-8-15(9-17)10(11(18)16-3)4-5-23(15,21)22/h10,20H,4-9H2,1-3H3,(H,16,18). The van der Waals surface area contributed by atoms with Crippen molar-refractivity contribution in [3.8, 4) is 0 Å². The van der Waals surface area contributed by atoms with Crippen LogP contribution >= 0.6 is 0 Å². The summed E-state index contributed by atoms with van der Waals surface area (Å²) in [6, 6.07) is 0. The zero-order valence-electron chi connectivity index (χ0n) is 13.8. The fourth-order valence-corrected chi connectivity index (χ4v) is 6.95. The van der Waals surface area contributed by atoms with Crippen LogP contribution in [0.25, 0.3) is 0 Å². The maximum atomic E-state index is 12.5. The minimum absolute atomic E-state index is 0.00892. The van der Waals surface area contributed by atoms with Gasteiger partial charge < -0.3 is 15.3 Å². The Kier molecular flexibility index (Phi) is 3.41.